The normalized spacial score (nSPS) is 10.0. The van der Waals surface area contributed by atoms with Gasteiger partial charge in [-0.3, -0.25) is 9.59 Å². The van der Waals surface area contributed by atoms with Gasteiger partial charge < -0.3 is 5.32 Å². The highest BCUT2D eigenvalue weighted by atomic mass is 19.1. The molecule has 0 atom stereocenters. The van der Waals surface area contributed by atoms with Gasteiger partial charge >= 0.3 is 0 Å². The van der Waals surface area contributed by atoms with Gasteiger partial charge in [-0.25, -0.2) is 4.39 Å². The van der Waals surface area contributed by atoms with Gasteiger partial charge in [0.15, 0.2) is 5.78 Å². The predicted octanol–water partition coefficient (Wildman–Crippen LogP) is 3.28. The van der Waals surface area contributed by atoms with E-state index in [-0.39, 0.29) is 11.7 Å². The van der Waals surface area contributed by atoms with Crippen LogP contribution in [0.5, 0.6) is 0 Å². The van der Waals surface area contributed by atoms with E-state index in [1.165, 1.54) is 31.2 Å². The zero-order valence-electron chi connectivity index (χ0n) is 10.3. The van der Waals surface area contributed by atoms with Gasteiger partial charge in [-0.15, -0.1) is 0 Å². The molecule has 2 rings (SSSR count). The number of nitrogens with one attached hydrogen (secondary N) is 1. The summed E-state index contributed by atoms with van der Waals surface area (Å²) in [5.41, 5.74) is 1.41. The van der Waals surface area contributed by atoms with Gasteiger partial charge in [0.1, 0.15) is 5.82 Å². The van der Waals surface area contributed by atoms with Crippen molar-refractivity contribution in [3.8, 4) is 0 Å². The van der Waals surface area contributed by atoms with E-state index in [9.17, 15) is 14.0 Å². The summed E-state index contributed by atoms with van der Waals surface area (Å²) in [6.07, 6.45) is 0. The van der Waals surface area contributed by atoms with Crippen molar-refractivity contribution in [3.05, 3.63) is 65.5 Å². The summed E-state index contributed by atoms with van der Waals surface area (Å²) in [5, 5.41) is 2.66. The number of carbonyl (C=O) groups excluding carboxylic acids is 2. The second kappa shape index (κ2) is 5.44. The lowest BCUT2D eigenvalue weighted by molar-refractivity contribution is 0.101. The molecule has 0 heterocycles. The summed E-state index contributed by atoms with van der Waals surface area (Å²) in [4.78, 5) is 23.1. The average Bonchev–Trinajstić information content (AvgIpc) is 2.39. The van der Waals surface area contributed by atoms with E-state index >= 15 is 0 Å². The first-order valence-electron chi connectivity index (χ1n) is 5.74. The largest absolute Gasteiger partial charge is 0.322 e. The van der Waals surface area contributed by atoms with Gasteiger partial charge in [-0.2, -0.15) is 0 Å². The van der Waals surface area contributed by atoms with Crippen LogP contribution in [0.25, 0.3) is 0 Å². The van der Waals surface area contributed by atoms with Gasteiger partial charge in [-0.1, -0.05) is 12.1 Å². The summed E-state index contributed by atoms with van der Waals surface area (Å²) < 4.78 is 12.7. The standard InChI is InChI=1S/C15H12FNO2/c1-10(18)12-3-2-4-14(9-12)17-15(19)11-5-7-13(16)8-6-11/h2-9H,1H3,(H,17,19). The Hall–Kier alpha value is -2.49. The number of amides is 1. The lowest BCUT2D eigenvalue weighted by Crippen LogP contribution is -2.12. The molecule has 19 heavy (non-hydrogen) atoms. The highest BCUT2D eigenvalue weighted by Gasteiger charge is 2.07. The van der Waals surface area contributed by atoms with Crippen LogP contribution in [0.15, 0.2) is 48.5 Å². The molecule has 4 heteroatoms. The quantitative estimate of drug-likeness (QED) is 0.858. The van der Waals surface area contributed by atoms with Crippen molar-refractivity contribution in [1.82, 2.24) is 0 Å². The van der Waals surface area contributed by atoms with Crippen LogP contribution >= 0.6 is 0 Å². The monoisotopic (exact) mass is 257 g/mol. The SMILES string of the molecule is CC(=O)c1cccc(NC(=O)c2ccc(F)cc2)c1. The molecule has 0 radical (unpaired) electrons. The van der Waals surface area contributed by atoms with E-state index in [2.05, 4.69) is 5.32 Å². The number of Topliss-reactive ketones (excluding diaryl/α,β-unsaturated/α-hetero) is 1. The van der Waals surface area contributed by atoms with E-state index in [0.717, 1.165) is 0 Å². The lowest BCUT2D eigenvalue weighted by atomic mass is 10.1. The number of ketones is 1. The van der Waals surface area contributed by atoms with Crippen LogP contribution in [0.1, 0.15) is 27.6 Å². The molecule has 0 spiro atoms. The van der Waals surface area contributed by atoms with E-state index in [1.54, 1.807) is 24.3 Å². The van der Waals surface area contributed by atoms with Gasteiger partial charge in [0.2, 0.25) is 0 Å². The molecule has 0 saturated heterocycles. The van der Waals surface area contributed by atoms with Crippen molar-refractivity contribution in [2.45, 2.75) is 6.92 Å². The number of benzene rings is 2. The minimum atomic E-state index is -0.393. The van der Waals surface area contributed by atoms with Crippen molar-refractivity contribution in [2.75, 3.05) is 5.32 Å². The van der Waals surface area contributed by atoms with E-state index in [4.69, 9.17) is 0 Å². The molecule has 0 aliphatic carbocycles. The molecule has 0 aromatic heterocycles. The Labute approximate surface area is 110 Å². The van der Waals surface area contributed by atoms with Gasteiger partial charge in [0.05, 0.1) is 0 Å². The smallest absolute Gasteiger partial charge is 0.255 e. The zero-order chi connectivity index (χ0) is 13.8. The van der Waals surface area contributed by atoms with Crippen LogP contribution in [0.2, 0.25) is 0 Å². The second-order valence-electron chi connectivity index (χ2n) is 4.10. The maximum Gasteiger partial charge on any atom is 0.255 e. The van der Waals surface area contributed by atoms with E-state index in [1.807, 2.05) is 0 Å². The maximum absolute atomic E-state index is 12.7. The number of rotatable bonds is 3. The van der Waals surface area contributed by atoms with Crippen molar-refractivity contribution in [2.24, 2.45) is 0 Å². The molecule has 0 unspecified atom stereocenters. The van der Waals surface area contributed by atoms with E-state index in [0.29, 0.717) is 16.8 Å². The van der Waals surface area contributed by atoms with Crippen LogP contribution in [0, 0.1) is 5.82 Å². The first-order chi connectivity index (χ1) is 9.06. The fourth-order valence-electron chi connectivity index (χ4n) is 1.62. The fourth-order valence-corrected chi connectivity index (χ4v) is 1.62. The summed E-state index contributed by atoms with van der Waals surface area (Å²) in [5.74, 6) is -0.811. The Morgan fingerprint density at radius 1 is 1.00 bits per heavy atom. The molecule has 0 fully saturated rings. The number of anilines is 1. The molecule has 0 aliphatic heterocycles. The van der Waals surface area contributed by atoms with Crippen molar-refractivity contribution >= 4 is 17.4 Å². The Bertz CT molecular complexity index is 620. The molecule has 96 valence electrons. The summed E-state index contributed by atoms with van der Waals surface area (Å²) in [7, 11) is 0. The van der Waals surface area contributed by atoms with Gasteiger partial charge in [-0.05, 0) is 43.3 Å². The maximum atomic E-state index is 12.7. The topological polar surface area (TPSA) is 46.2 Å². The predicted molar refractivity (Wildman–Crippen MR) is 70.8 cm³/mol. The molecule has 1 N–H and O–H groups in total. The van der Waals surface area contributed by atoms with Crippen LogP contribution in [0.4, 0.5) is 10.1 Å². The zero-order valence-corrected chi connectivity index (χ0v) is 10.3. The van der Waals surface area contributed by atoms with E-state index < -0.39 is 5.82 Å². The number of carbonyl (C=O) groups is 2. The van der Waals surface area contributed by atoms with Crippen molar-refractivity contribution < 1.29 is 14.0 Å². The highest BCUT2D eigenvalue weighted by molar-refractivity contribution is 6.05. The summed E-state index contributed by atoms with van der Waals surface area (Å²) >= 11 is 0. The highest BCUT2D eigenvalue weighted by Crippen LogP contribution is 2.13. The van der Waals surface area contributed by atoms with Crippen LogP contribution in [0.3, 0.4) is 0 Å². The number of hydrogen-bond acceptors (Lipinski definition) is 2. The van der Waals surface area contributed by atoms with Crippen LogP contribution in [-0.4, -0.2) is 11.7 Å². The first kappa shape index (κ1) is 13.0. The number of halogens is 1. The lowest BCUT2D eigenvalue weighted by Gasteiger charge is -2.06. The summed E-state index contributed by atoms with van der Waals surface area (Å²) in [6.45, 7) is 1.46. The van der Waals surface area contributed by atoms with Crippen LogP contribution < -0.4 is 5.32 Å². The molecule has 3 nitrogen and oxygen atoms in total. The third-order valence-electron chi connectivity index (χ3n) is 2.63. The molecule has 2 aromatic rings. The minimum absolute atomic E-state index is 0.0714. The molecule has 0 aliphatic rings. The van der Waals surface area contributed by atoms with Crippen molar-refractivity contribution in [1.29, 1.82) is 0 Å². The molecule has 0 bridgehead atoms. The Balaban J connectivity index is 2.17. The number of hydrogen-bond donors (Lipinski definition) is 1. The molecular formula is C15H12FNO2. The third kappa shape index (κ3) is 3.25. The van der Waals surface area contributed by atoms with Gasteiger partial charge in [0.25, 0.3) is 5.91 Å². The Kier molecular flexibility index (Phi) is 3.71. The van der Waals surface area contributed by atoms with Gasteiger partial charge in [0, 0.05) is 16.8 Å². The third-order valence-corrected chi connectivity index (χ3v) is 2.63. The molecule has 2 aromatic carbocycles. The average molecular weight is 257 g/mol. The Morgan fingerprint density at radius 3 is 2.32 bits per heavy atom. The van der Waals surface area contributed by atoms with Crippen molar-refractivity contribution in [3.63, 3.8) is 0 Å². The summed E-state index contributed by atoms with van der Waals surface area (Å²) in [6, 6.07) is 11.9. The molecular weight excluding hydrogens is 245 g/mol. The first-order valence-corrected chi connectivity index (χ1v) is 5.74. The minimum Gasteiger partial charge on any atom is -0.322 e. The van der Waals surface area contributed by atoms with Crippen LogP contribution in [-0.2, 0) is 0 Å². The second-order valence-corrected chi connectivity index (χ2v) is 4.10. The Morgan fingerprint density at radius 2 is 1.68 bits per heavy atom. The molecule has 0 saturated carbocycles. The molecule has 1 amide bonds. The fraction of sp³-hybridized carbons (Fsp3) is 0.0667.